The van der Waals surface area contributed by atoms with Crippen molar-refractivity contribution < 1.29 is 17.9 Å². The first kappa shape index (κ1) is 15.2. The van der Waals surface area contributed by atoms with E-state index in [1.54, 1.807) is 25.3 Å². The Hall–Kier alpha value is -2.15. The molecule has 1 heterocycles. The van der Waals surface area contributed by atoms with E-state index in [1.807, 2.05) is 0 Å². The molecule has 0 saturated heterocycles. The van der Waals surface area contributed by atoms with Gasteiger partial charge in [-0.1, -0.05) is 12.2 Å². The van der Waals surface area contributed by atoms with Crippen LogP contribution in [0.2, 0.25) is 0 Å². The number of ether oxygens (including phenoxy) is 1. The molecular formula is C14H11F3N2OS. The standard InChI is InChI=1S/C14H11F3N2OS/c1-8-12(3-2-6-19-8)20-9-4-5-10(13(18)21)11(7-9)14(15,16)17/h2-7H,1H3,(H2,18,21). The summed E-state index contributed by atoms with van der Waals surface area (Å²) in [6, 6.07) is 6.72. The molecule has 0 radical (unpaired) electrons. The van der Waals surface area contributed by atoms with Gasteiger partial charge in [-0.15, -0.1) is 0 Å². The predicted molar refractivity (Wildman–Crippen MR) is 76.4 cm³/mol. The number of hydrogen-bond acceptors (Lipinski definition) is 3. The van der Waals surface area contributed by atoms with E-state index in [4.69, 9.17) is 10.5 Å². The third kappa shape index (κ3) is 3.49. The maximum Gasteiger partial charge on any atom is 0.417 e. The van der Waals surface area contributed by atoms with E-state index < -0.39 is 11.7 Å². The lowest BCUT2D eigenvalue weighted by Gasteiger charge is -2.14. The van der Waals surface area contributed by atoms with Gasteiger partial charge < -0.3 is 10.5 Å². The molecule has 3 nitrogen and oxygen atoms in total. The Morgan fingerprint density at radius 2 is 2.00 bits per heavy atom. The van der Waals surface area contributed by atoms with E-state index in [-0.39, 0.29) is 16.3 Å². The molecule has 1 aromatic carbocycles. The van der Waals surface area contributed by atoms with Crippen LogP contribution in [-0.4, -0.2) is 9.97 Å². The zero-order valence-corrected chi connectivity index (χ0v) is 11.8. The van der Waals surface area contributed by atoms with E-state index >= 15 is 0 Å². The number of alkyl halides is 3. The van der Waals surface area contributed by atoms with Gasteiger partial charge in [0, 0.05) is 11.8 Å². The first-order valence-corrected chi connectivity index (χ1v) is 6.30. The molecule has 0 saturated carbocycles. The average Bonchev–Trinajstić information content (AvgIpc) is 2.40. The molecule has 0 atom stereocenters. The highest BCUT2D eigenvalue weighted by molar-refractivity contribution is 7.80. The Labute approximate surface area is 124 Å². The molecule has 2 aromatic rings. The maximum absolute atomic E-state index is 13.0. The van der Waals surface area contributed by atoms with Crippen molar-refractivity contribution in [1.29, 1.82) is 0 Å². The van der Waals surface area contributed by atoms with Gasteiger partial charge in [-0.2, -0.15) is 13.2 Å². The van der Waals surface area contributed by atoms with E-state index in [2.05, 4.69) is 17.2 Å². The summed E-state index contributed by atoms with van der Waals surface area (Å²) in [5.74, 6) is 0.423. The zero-order chi connectivity index (χ0) is 15.6. The number of hydrogen-bond donors (Lipinski definition) is 1. The fourth-order valence-corrected chi connectivity index (χ4v) is 1.92. The first-order chi connectivity index (χ1) is 9.79. The van der Waals surface area contributed by atoms with Gasteiger partial charge in [0.2, 0.25) is 0 Å². The fourth-order valence-electron chi connectivity index (χ4n) is 1.74. The summed E-state index contributed by atoms with van der Waals surface area (Å²) < 4.78 is 44.5. The van der Waals surface area contributed by atoms with Crippen LogP contribution in [0.15, 0.2) is 36.5 Å². The number of pyridine rings is 1. The van der Waals surface area contributed by atoms with Gasteiger partial charge in [-0.05, 0) is 37.3 Å². The van der Waals surface area contributed by atoms with Crippen LogP contribution in [0.25, 0.3) is 0 Å². The number of aryl methyl sites for hydroxylation is 1. The lowest BCUT2D eigenvalue weighted by atomic mass is 10.1. The summed E-state index contributed by atoms with van der Waals surface area (Å²) >= 11 is 4.64. The van der Waals surface area contributed by atoms with Gasteiger partial charge in [0.15, 0.2) is 0 Å². The molecule has 0 aliphatic carbocycles. The highest BCUT2D eigenvalue weighted by atomic mass is 32.1. The van der Waals surface area contributed by atoms with E-state index in [1.165, 1.54) is 12.1 Å². The summed E-state index contributed by atoms with van der Waals surface area (Å²) in [5, 5.41) is 0. The van der Waals surface area contributed by atoms with Gasteiger partial charge in [0.25, 0.3) is 0 Å². The lowest BCUT2D eigenvalue weighted by Crippen LogP contribution is -2.17. The van der Waals surface area contributed by atoms with Crippen molar-refractivity contribution in [2.45, 2.75) is 13.1 Å². The summed E-state index contributed by atoms with van der Waals surface area (Å²) in [6.07, 6.45) is -3.00. The van der Waals surface area contributed by atoms with Crippen LogP contribution >= 0.6 is 12.2 Å². The molecule has 0 aliphatic rings. The van der Waals surface area contributed by atoms with Crippen molar-refractivity contribution in [2.24, 2.45) is 5.73 Å². The van der Waals surface area contributed by atoms with Crippen LogP contribution in [0.1, 0.15) is 16.8 Å². The quantitative estimate of drug-likeness (QED) is 0.875. The molecule has 110 valence electrons. The van der Waals surface area contributed by atoms with Gasteiger partial charge >= 0.3 is 6.18 Å². The largest absolute Gasteiger partial charge is 0.455 e. The van der Waals surface area contributed by atoms with Crippen molar-refractivity contribution in [2.75, 3.05) is 0 Å². The van der Waals surface area contributed by atoms with Crippen LogP contribution in [0.5, 0.6) is 11.5 Å². The topological polar surface area (TPSA) is 48.1 Å². The molecule has 21 heavy (non-hydrogen) atoms. The van der Waals surface area contributed by atoms with Crippen LogP contribution in [0.3, 0.4) is 0 Å². The SMILES string of the molecule is Cc1ncccc1Oc1ccc(C(N)=S)c(C(F)(F)F)c1. The second-order valence-electron chi connectivity index (χ2n) is 4.26. The Morgan fingerprint density at radius 3 is 2.57 bits per heavy atom. The van der Waals surface area contributed by atoms with Crippen LogP contribution in [0.4, 0.5) is 13.2 Å². The maximum atomic E-state index is 13.0. The highest BCUT2D eigenvalue weighted by Gasteiger charge is 2.34. The molecule has 1 aromatic heterocycles. The number of thiocarbonyl (C=S) groups is 1. The van der Waals surface area contributed by atoms with Crippen LogP contribution in [-0.2, 0) is 6.18 Å². The summed E-state index contributed by atoms with van der Waals surface area (Å²) in [4.78, 5) is 3.69. The Bertz CT molecular complexity index is 686. The Kier molecular flexibility index (Phi) is 4.13. The minimum atomic E-state index is -4.57. The minimum absolute atomic E-state index is 0.0402. The molecule has 7 heteroatoms. The molecule has 0 aliphatic heterocycles. The predicted octanol–water partition coefficient (Wildman–Crippen LogP) is 3.84. The van der Waals surface area contributed by atoms with E-state index in [0.29, 0.717) is 11.4 Å². The number of aromatic nitrogens is 1. The summed E-state index contributed by atoms with van der Waals surface area (Å²) in [5.41, 5.74) is 4.74. The number of rotatable bonds is 3. The molecule has 0 unspecified atom stereocenters. The zero-order valence-electron chi connectivity index (χ0n) is 10.9. The second kappa shape index (κ2) is 5.69. The minimum Gasteiger partial charge on any atom is -0.455 e. The highest BCUT2D eigenvalue weighted by Crippen LogP contribution is 2.35. The molecule has 0 amide bonds. The van der Waals surface area contributed by atoms with E-state index in [9.17, 15) is 13.2 Å². The van der Waals surface area contributed by atoms with Crippen molar-refractivity contribution in [1.82, 2.24) is 4.98 Å². The van der Waals surface area contributed by atoms with Gasteiger partial charge in [-0.3, -0.25) is 4.98 Å². The van der Waals surface area contributed by atoms with E-state index in [0.717, 1.165) is 6.07 Å². The monoisotopic (exact) mass is 312 g/mol. The molecule has 2 N–H and O–H groups in total. The molecule has 0 bridgehead atoms. The fraction of sp³-hybridized carbons (Fsp3) is 0.143. The number of benzene rings is 1. The van der Waals surface area contributed by atoms with Crippen LogP contribution < -0.4 is 10.5 Å². The summed E-state index contributed by atoms with van der Waals surface area (Å²) in [7, 11) is 0. The van der Waals surface area contributed by atoms with Crippen molar-refractivity contribution in [3.8, 4) is 11.5 Å². The Morgan fingerprint density at radius 1 is 1.29 bits per heavy atom. The van der Waals surface area contributed by atoms with Gasteiger partial charge in [-0.25, -0.2) is 0 Å². The second-order valence-corrected chi connectivity index (χ2v) is 4.70. The molecule has 2 rings (SSSR count). The lowest BCUT2D eigenvalue weighted by molar-refractivity contribution is -0.137. The molecular weight excluding hydrogens is 301 g/mol. The van der Waals surface area contributed by atoms with Gasteiger partial charge in [0.1, 0.15) is 16.5 Å². The number of nitrogens with zero attached hydrogens (tertiary/aromatic N) is 1. The van der Waals surface area contributed by atoms with Crippen molar-refractivity contribution in [3.63, 3.8) is 0 Å². The number of halogens is 3. The third-order valence-corrected chi connectivity index (χ3v) is 2.97. The normalized spacial score (nSPS) is 11.2. The number of nitrogens with two attached hydrogens (primary N) is 1. The van der Waals surface area contributed by atoms with Gasteiger partial charge in [0.05, 0.1) is 11.3 Å². The van der Waals surface area contributed by atoms with Crippen LogP contribution in [0, 0.1) is 6.92 Å². The molecule has 0 fully saturated rings. The molecule has 0 spiro atoms. The van der Waals surface area contributed by atoms with Crippen molar-refractivity contribution in [3.05, 3.63) is 53.3 Å². The average molecular weight is 312 g/mol. The smallest absolute Gasteiger partial charge is 0.417 e. The third-order valence-electron chi connectivity index (χ3n) is 2.75. The summed E-state index contributed by atoms with van der Waals surface area (Å²) in [6.45, 7) is 1.70. The first-order valence-electron chi connectivity index (χ1n) is 5.89. The van der Waals surface area contributed by atoms with Crippen molar-refractivity contribution >= 4 is 17.2 Å². The Balaban J connectivity index is 2.43.